The summed E-state index contributed by atoms with van der Waals surface area (Å²) in [5.74, 6) is -0.411. The van der Waals surface area contributed by atoms with Gasteiger partial charge in [-0.25, -0.2) is 12.8 Å². The monoisotopic (exact) mass is 378 g/mol. The van der Waals surface area contributed by atoms with Crippen LogP contribution in [0.1, 0.15) is 16.8 Å². The summed E-state index contributed by atoms with van der Waals surface area (Å²) in [5.41, 5.74) is 3.26. The van der Waals surface area contributed by atoms with Gasteiger partial charge in [-0.1, -0.05) is 11.6 Å². The zero-order chi connectivity index (χ0) is 17.8. The molecule has 2 heterocycles. The van der Waals surface area contributed by atoms with Crippen LogP contribution >= 0.6 is 11.6 Å². The van der Waals surface area contributed by atoms with Crippen molar-refractivity contribution in [1.29, 1.82) is 0 Å². The van der Waals surface area contributed by atoms with E-state index in [1.807, 2.05) is 18.2 Å². The Morgan fingerprint density at radius 1 is 1.20 bits per heavy atom. The maximum Gasteiger partial charge on any atom is 0.243 e. The van der Waals surface area contributed by atoms with Gasteiger partial charge >= 0.3 is 0 Å². The van der Waals surface area contributed by atoms with E-state index in [4.69, 9.17) is 11.6 Å². The average molecular weight is 379 g/mol. The van der Waals surface area contributed by atoms with Crippen molar-refractivity contribution in [2.24, 2.45) is 0 Å². The lowest BCUT2D eigenvalue weighted by atomic mass is 10.1. The lowest BCUT2D eigenvalue weighted by Crippen LogP contribution is -2.35. The number of halogens is 2. The average Bonchev–Trinajstić information content (AvgIpc) is 2.94. The molecule has 2 aromatic carbocycles. The summed E-state index contributed by atoms with van der Waals surface area (Å²) in [4.78, 5) is 3.46. The first-order chi connectivity index (χ1) is 11.9. The quantitative estimate of drug-likeness (QED) is 0.732. The van der Waals surface area contributed by atoms with Crippen LogP contribution in [0.5, 0.6) is 0 Å². The summed E-state index contributed by atoms with van der Waals surface area (Å²) in [7, 11) is -3.68. The molecule has 0 fully saturated rings. The van der Waals surface area contributed by atoms with Crippen LogP contribution in [0.3, 0.4) is 0 Å². The van der Waals surface area contributed by atoms with Gasteiger partial charge in [-0.3, -0.25) is 0 Å². The Labute approximate surface area is 150 Å². The largest absolute Gasteiger partial charge is 0.358 e. The molecule has 0 spiro atoms. The zero-order valence-electron chi connectivity index (χ0n) is 13.5. The second-order valence-electron chi connectivity index (χ2n) is 6.27. The summed E-state index contributed by atoms with van der Waals surface area (Å²) in [6.07, 6.45) is 0.598. The third kappa shape index (κ3) is 2.74. The first-order valence-electron chi connectivity index (χ1n) is 7.91. The number of nitrogens with one attached hydrogen (secondary N) is 1. The number of aryl methyl sites for hydroxylation is 1. The Morgan fingerprint density at radius 2 is 2.00 bits per heavy atom. The Hall–Kier alpha value is -1.89. The van der Waals surface area contributed by atoms with Crippen molar-refractivity contribution >= 4 is 32.5 Å². The number of hydrogen-bond donors (Lipinski definition) is 1. The highest BCUT2D eigenvalue weighted by atomic mass is 35.5. The number of rotatable bonds is 2. The van der Waals surface area contributed by atoms with E-state index in [-0.39, 0.29) is 11.4 Å². The van der Waals surface area contributed by atoms with Crippen molar-refractivity contribution in [2.75, 3.05) is 6.54 Å². The maximum atomic E-state index is 13.5. The number of aromatic nitrogens is 1. The standard InChI is InChI=1S/C18H16ClFN2O2S/c1-11-8-13(3-4-16(11)20)25(23,24)22-7-6-18-15(10-22)14-9-12(19)2-5-17(14)21-18/h2-5,8-9,21H,6-7,10H2,1H3. The number of H-pyrrole nitrogens is 1. The van der Waals surface area contributed by atoms with Crippen molar-refractivity contribution < 1.29 is 12.8 Å². The minimum absolute atomic E-state index is 0.118. The highest BCUT2D eigenvalue weighted by Crippen LogP contribution is 2.32. The molecule has 7 heteroatoms. The van der Waals surface area contributed by atoms with Crippen molar-refractivity contribution in [3.63, 3.8) is 0 Å². The molecule has 1 aromatic heterocycles. The molecule has 1 aliphatic rings. The molecule has 0 bridgehead atoms. The lowest BCUT2D eigenvalue weighted by molar-refractivity contribution is 0.391. The molecule has 0 atom stereocenters. The van der Waals surface area contributed by atoms with E-state index >= 15 is 0 Å². The minimum atomic E-state index is -3.68. The van der Waals surface area contributed by atoms with Crippen LogP contribution in [-0.2, 0) is 23.0 Å². The fourth-order valence-electron chi connectivity index (χ4n) is 3.29. The molecule has 0 radical (unpaired) electrons. The molecule has 130 valence electrons. The summed E-state index contributed by atoms with van der Waals surface area (Å²) in [5, 5.41) is 1.56. The van der Waals surface area contributed by atoms with Crippen LogP contribution in [0.2, 0.25) is 5.02 Å². The van der Waals surface area contributed by atoms with Crippen LogP contribution in [0.4, 0.5) is 4.39 Å². The van der Waals surface area contributed by atoms with Gasteiger partial charge in [0.1, 0.15) is 5.82 Å². The Bertz CT molecular complexity index is 1090. The Kier molecular flexibility index (Phi) is 3.86. The van der Waals surface area contributed by atoms with Gasteiger partial charge in [-0.05, 0) is 54.4 Å². The predicted octanol–water partition coefficient (Wildman–Crippen LogP) is 4.02. The summed E-state index contributed by atoms with van der Waals surface area (Å²) in [6, 6.07) is 9.46. The molecule has 0 aliphatic carbocycles. The summed E-state index contributed by atoms with van der Waals surface area (Å²) in [6.45, 7) is 2.21. The smallest absolute Gasteiger partial charge is 0.243 e. The van der Waals surface area contributed by atoms with Crippen LogP contribution < -0.4 is 0 Å². The molecule has 0 saturated carbocycles. The van der Waals surface area contributed by atoms with Gasteiger partial charge in [-0.2, -0.15) is 4.31 Å². The first-order valence-corrected chi connectivity index (χ1v) is 9.73. The minimum Gasteiger partial charge on any atom is -0.358 e. The van der Waals surface area contributed by atoms with Crippen LogP contribution in [-0.4, -0.2) is 24.3 Å². The molecule has 4 rings (SSSR count). The van der Waals surface area contributed by atoms with E-state index in [9.17, 15) is 12.8 Å². The van der Waals surface area contributed by atoms with Gasteiger partial charge in [0.05, 0.1) is 4.90 Å². The SMILES string of the molecule is Cc1cc(S(=O)(=O)N2CCc3[nH]c4ccc(Cl)cc4c3C2)ccc1F. The normalized spacial score (nSPS) is 15.5. The molecule has 0 unspecified atom stereocenters. The van der Waals surface area contributed by atoms with E-state index in [1.165, 1.54) is 22.5 Å². The molecule has 0 saturated heterocycles. The van der Waals surface area contributed by atoms with Crippen LogP contribution in [0.15, 0.2) is 41.3 Å². The number of benzene rings is 2. The van der Waals surface area contributed by atoms with Crippen molar-refractivity contribution in [1.82, 2.24) is 9.29 Å². The number of sulfonamides is 1. The topological polar surface area (TPSA) is 53.2 Å². The molecular formula is C18H16ClFN2O2S. The number of nitrogens with zero attached hydrogens (tertiary/aromatic N) is 1. The van der Waals surface area contributed by atoms with E-state index < -0.39 is 15.8 Å². The van der Waals surface area contributed by atoms with E-state index in [0.717, 1.165) is 22.2 Å². The molecular weight excluding hydrogens is 363 g/mol. The van der Waals surface area contributed by atoms with Gasteiger partial charge in [0.15, 0.2) is 0 Å². The first kappa shape index (κ1) is 16.6. The molecule has 4 nitrogen and oxygen atoms in total. The molecule has 3 aromatic rings. The number of fused-ring (bicyclic) bond motifs is 3. The third-order valence-corrected chi connectivity index (χ3v) is 6.75. The Morgan fingerprint density at radius 3 is 2.76 bits per heavy atom. The fourth-order valence-corrected chi connectivity index (χ4v) is 4.96. The second-order valence-corrected chi connectivity index (χ2v) is 8.65. The van der Waals surface area contributed by atoms with E-state index in [2.05, 4.69) is 4.98 Å². The number of hydrogen-bond acceptors (Lipinski definition) is 2. The highest BCUT2D eigenvalue weighted by molar-refractivity contribution is 7.89. The summed E-state index contributed by atoms with van der Waals surface area (Å²) >= 11 is 6.09. The van der Waals surface area contributed by atoms with Gasteiger partial charge in [0.25, 0.3) is 0 Å². The molecule has 1 aliphatic heterocycles. The maximum absolute atomic E-state index is 13.5. The number of aromatic amines is 1. The highest BCUT2D eigenvalue weighted by Gasteiger charge is 2.30. The van der Waals surface area contributed by atoms with Crippen LogP contribution in [0.25, 0.3) is 10.9 Å². The fraction of sp³-hybridized carbons (Fsp3) is 0.222. The van der Waals surface area contributed by atoms with Gasteiger partial charge in [0, 0.05) is 41.1 Å². The predicted molar refractivity (Wildman–Crippen MR) is 95.7 cm³/mol. The lowest BCUT2D eigenvalue weighted by Gasteiger charge is -2.26. The molecule has 1 N–H and O–H groups in total. The van der Waals surface area contributed by atoms with Gasteiger partial charge in [-0.15, -0.1) is 0 Å². The van der Waals surface area contributed by atoms with E-state index in [1.54, 1.807) is 6.92 Å². The second kappa shape index (κ2) is 5.83. The van der Waals surface area contributed by atoms with E-state index in [0.29, 0.717) is 23.6 Å². The molecule has 0 amide bonds. The summed E-state index contributed by atoms with van der Waals surface area (Å²) < 4.78 is 40.8. The van der Waals surface area contributed by atoms with Gasteiger partial charge in [0.2, 0.25) is 10.0 Å². The van der Waals surface area contributed by atoms with Crippen molar-refractivity contribution in [2.45, 2.75) is 24.8 Å². The Balaban J connectivity index is 1.75. The van der Waals surface area contributed by atoms with Gasteiger partial charge < -0.3 is 4.98 Å². The van der Waals surface area contributed by atoms with Crippen LogP contribution in [0, 0.1) is 12.7 Å². The van der Waals surface area contributed by atoms with Crippen molar-refractivity contribution in [3.05, 3.63) is 64.1 Å². The third-order valence-electron chi connectivity index (χ3n) is 4.67. The van der Waals surface area contributed by atoms with Crippen molar-refractivity contribution in [3.8, 4) is 0 Å². The molecule has 25 heavy (non-hydrogen) atoms. The zero-order valence-corrected chi connectivity index (χ0v) is 15.1.